The predicted molar refractivity (Wildman–Crippen MR) is 69.2 cm³/mol. The van der Waals surface area contributed by atoms with Crippen molar-refractivity contribution in [1.29, 1.82) is 0 Å². The van der Waals surface area contributed by atoms with Gasteiger partial charge in [-0.3, -0.25) is 4.79 Å². The monoisotopic (exact) mass is 242 g/mol. The van der Waals surface area contributed by atoms with Gasteiger partial charge in [-0.15, -0.1) is 0 Å². The number of carboxylic acid groups (broad SMARTS) is 1. The number of hydrogen-bond acceptors (Lipinski definition) is 3. The predicted octanol–water partition coefficient (Wildman–Crippen LogP) is 1.56. The molecule has 0 aromatic rings. The average Bonchev–Trinajstić information content (AvgIpc) is 2.57. The fourth-order valence-corrected chi connectivity index (χ4v) is 2.62. The Kier molecular flexibility index (Phi) is 5.92. The molecule has 0 saturated carbocycles. The lowest BCUT2D eigenvalue weighted by molar-refractivity contribution is -0.139. The molecule has 1 rings (SSSR count). The molecule has 1 aliphatic heterocycles. The number of nitrogens with one attached hydrogen (secondary N) is 1. The summed E-state index contributed by atoms with van der Waals surface area (Å²) in [7, 11) is 0. The van der Waals surface area contributed by atoms with Crippen molar-refractivity contribution in [3.63, 3.8) is 0 Å². The second-order valence-electron chi connectivity index (χ2n) is 5.32. The van der Waals surface area contributed by atoms with E-state index in [-0.39, 0.29) is 0 Å². The molecule has 2 N–H and O–H groups in total. The Hall–Kier alpha value is -0.610. The maximum absolute atomic E-state index is 11.1. The molecule has 0 aromatic carbocycles. The van der Waals surface area contributed by atoms with Crippen LogP contribution in [-0.4, -0.2) is 47.7 Å². The van der Waals surface area contributed by atoms with Gasteiger partial charge in [0.05, 0.1) is 0 Å². The molecule has 3 atom stereocenters. The first-order valence-electron chi connectivity index (χ1n) is 6.74. The first-order valence-corrected chi connectivity index (χ1v) is 6.74. The summed E-state index contributed by atoms with van der Waals surface area (Å²) in [5.41, 5.74) is 0. The first kappa shape index (κ1) is 14.5. The summed E-state index contributed by atoms with van der Waals surface area (Å²) in [6.45, 7) is 9.33. The Morgan fingerprint density at radius 1 is 1.53 bits per heavy atom. The molecule has 0 aromatic heterocycles. The van der Waals surface area contributed by atoms with Gasteiger partial charge in [-0.1, -0.05) is 13.8 Å². The third-order valence-electron chi connectivity index (χ3n) is 3.56. The average molecular weight is 242 g/mol. The van der Waals surface area contributed by atoms with Crippen LogP contribution in [0.15, 0.2) is 0 Å². The van der Waals surface area contributed by atoms with Gasteiger partial charge in [0.2, 0.25) is 0 Å². The summed E-state index contributed by atoms with van der Waals surface area (Å²) in [6.07, 6.45) is 2.91. The second kappa shape index (κ2) is 6.97. The van der Waals surface area contributed by atoms with Crippen LogP contribution in [0.25, 0.3) is 0 Å². The summed E-state index contributed by atoms with van der Waals surface area (Å²) in [5, 5.41) is 12.2. The van der Waals surface area contributed by atoms with Crippen LogP contribution >= 0.6 is 0 Å². The Balaban J connectivity index is 2.33. The van der Waals surface area contributed by atoms with Crippen molar-refractivity contribution in [2.75, 3.05) is 19.6 Å². The molecule has 0 bridgehead atoms. The van der Waals surface area contributed by atoms with E-state index in [1.165, 1.54) is 6.42 Å². The lowest BCUT2D eigenvalue weighted by Gasteiger charge is -2.23. The largest absolute Gasteiger partial charge is 0.480 e. The Morgan fingerprint density at radius 3 is 2.71 bits per heavy atom. The summed E-state index contributed by atoms with van der Waals surface area (Å²) in [6, 6.07) is 0.212. The van der Waals surface area contributed by atoms with E-state index in [0.717, 1.165) is 32.0 Å². The molecule has 1 saturated heterocycles. The summed E-state index contributed by atoms with van der Waals surface area (Å²) >= 11 is 0. The molecule has 0 amide bonds. The number of carbonyl (C=O) groups is 1. The fourth-order valence-electron chi connectivity index (χ4n) is 2.62. The molecule has 4 nitrogen and oxygen atoms in total. The summed E-state index contributed by atoms with van der Waals surface area (Å²) in [4.78, 5) is 13.5. The molecule has 0 radical (unpaired) electrons. The third-order valence-corrected chi connectivity index (χ3v) is 3.56. The van der Waals surface area contributed by atoms with Crippen LogP contribution in [0.5, 0.6) is 0 Å². The maximum Gasteiger partial charge on any atom is 0.320 e. The van der Waals surface area contributed by atoms with Crippen LogP contribution in [0.4, 0.5) is 0 Å². The van der Waals surface area contributed by atoms with Crippen molar-refractivity contribution in [3.8, 4) is 0 Å². The van der Waals surface area contributed by atoms with Crippen molar-refractivity contribution >= 4 is 5.97 Å². The topological polar surface area (TPSA) is 52.6 Å². The third kappa shape index (κ3) is 4.64. The molecule has 4 heteroatoms. The summed E-state index contributed by atoms with van der Waals surface area (Å²) in [5.74, 6) is 0.0234. The zero-order valence-electron chi connectivity index (χ0n) is 11.3. The zero-order valence-corrected chi connectivity index (χ0v) is 11.3. The summed E-state index contributed by atoms with van der Waals surface area (Å²) < 4.78 is 0. The molecule has 1 heterocycles. The van der Waals surface area contributed by atoms with Crippen molar-refractivity contribution in [3.05, 3.63) is 0 Å². The van der Waals surface area contributed by atoms with Gasteiger partial charge in [0.25, 0.3) is 0 Å². The molecule has 3 unspecified atom stereocenters. The van der Waals surface area contributed by atoms with Crippen molar-refractivity contribution in [2.24, 2.45) is 5.92 Å². The van der Waals surface area contributed by atoms with Gasteiger partial charge in [0.15, 0.2) is 0 Å². The highest BCUT2D eigenvalue weighted by Crippen LogP contribution is 2.22. The van der Waals surface area contributed by atoms with E-state index >= 15 is 0 Å². The molecule has 1 fully saturated rings. The number of carboxylic acids is 1. The van der Waals surface area contributed by atoms with Crippen LogP contribution < -0.4 is 5.32 Å². The van der Waals surface area contributed by atoms with Gasteiger partial charge in [0, 0.05) is 19.1 Å². The van der Waals surface area contributed by atoms with Crippen molar-refractivity contribution in [2.45, 2.75) is 52.1 Å². The minimum atomic E-state index is -0.724. The number of nitrogens with zero attached hydrogens (tertiary/aromatic N) is 1. The Labute approximate surface area is 104 Å². The van der Waals surface area contributed by atoms with Gasteiger partial charge >= 0.3 is 5.97 Å². The highest BCUT2D eigenvalue weighted by atomic mass is 16.4. The van der Waals surface area contributed by atoms with Gasteiger partial charge in [-0.05, 0) is 38.6 Å². The molecular formula is C13H26N2O2. The zero-order chi connectivity index (χ0) is 12.8. The van der Waals surface area contributed by atoms with E-state index in [0.29, 0.717) is 12.5 Å². The molecule has 0 aliphatic carbocycles. The molecule has 100 valence electrons. The second-order valence-corrected chi connectivity index (χ2v) is 5.32. The minimum absolute atomic E-state index is 0.391. The van der Waals surface area contributed by atoms with Gasteiger partial charge in [-0.25, -0.2) is 0 Å². The smallest absolute Gasteiger partial charge is 0.320 e. The van der Waals surface area contributed by atoms with Crippen LogP contribution in [0, 0.1) is 5.92 Å². The van der Waals surface area contributed by atoms with E-state index in [2.05, 4.69) is 31.0 Å². The van der Waals surface area contributed by atoms with Crippen LogP contribution in [0.2, 0.25) is 0 Å². The Morgan fingerprint density at radius 2 is 2.24 bits per heavy atom. The van der Waals surface area contributed by atoms with Crippen LogP contribution in [-0.2, 0) is 4.79 Å². The Bertz CT molecular complexity index is 246. The molecular weight excluding hydrogens is 216 g/mol. The van der Waals surface area contributed by atoms with E-state index in [1.807, 2.05) is 0 Å². The van der Waals surface area contributed by atoms with E-state index in [1.54, 1.807) is 0 Å². The lowest BCUT2D eigenvalue weighted by Crippen LogP contribution is -2.41. The quantitative estimate of drug-likeness (QED) is 0.711. The number of aliphatic carboxylic acids is 1. The minimum Gasteiger partial charge on any atom is -0.480 e. The fraction of sp³-hybridized carbons (Fsp3) is 0.923. The lowest BCUT2D eigenvalue weighted by atomic mass is 10.1. The van der Waals surface area contributed by atoms with E-state index in [4.69, 9.17) is 5.11 Å². The van der Waals surface area contributed by atoms with Crippen LogP contribution in [0.3, 0.4) is 0 Å². The SMILES string of the molecule is CCCNC(CCN1CC(C)CC1C)C(=O)O. The molecule has 1 aliphatic rings. The molecule has 17 heavy (non-hydrogen) atoms. The first-order chi connectivity index (χ1) is 8.04. The van der Waals surface area contributed by atoms with Crippen molar-refractivity contribution in [1.82, 2.24) is 10.2 Å². The number of rotatable bonds is 7. The number of likely N-dealkylation sites (tertiary alicyclic amines) is 1. The van der Waals surface area contributed by atoms with Gasteiger partial charge in [0.1, 0.15) is 6.04 Å². The normalized spacial score (nSPS) is 27.2. The molecule has 0 spiro atoms. The van der Waals surface area contributed by atoms with E-state index in [9.17, 15) is 4.79 Å². The highest BCUT2D eigenvalue weighted by molar-refractivity contribution is 5.73. The maximum atomic E-state index is 11.1. The van der Waals surface area contributed by atoms with Crippen molar-refractivity contribution < 1.29 is 9.90 Å². The van der Waals surface area contributed by atoms with Gasteiger partial charge in [-0.2, -0.15) is 0 Å². The van der Waals surface area contributed by atoms with Gasteiger partial charge < -0.3 is 15.3 Å². The number of hydrogen-bond donors (Lipinski definition) is 2. The van der Waals surface area contributed by atoms with E-state index < -0.39 is 12.0 Å². The standard InChI is InChI=1S/C13H26N2O2/c1-4-6-14-12(13(16)17)5-7-15-9-10(2)8-11(15)3/h10-12,14H,4-9H2,1-3H3,(H,16,17). The highest BCUT2D eigenvalue weighted by Gasteiger charge is 2.27. The van der Waals surface area contributed by atoms with Crippen LogP contribution in [0.1, 0.15) is 40.0 Å².